The van der Waals surface area contributed by atoms with Gasteiger partial charge in [-0.3, -0.25) is 4.79 Å². The van der Waals surface area contributed by atoms with Crippen LogP contribution in [0.1, 0.15) is 32.1 Å². The molecule has 86 valence electrons. The van der Waals surface area contributed by atoms with Gasteiger partial charge in [0.2, 0.25) is 0 Å². The second kappa shape index (κ2) is 6.61. The van der Waals surface area contributed by atoms with Crippen LogP contribution in [0, 0.1) is 0 Å². The van der Waals surface area contributed by atoms with Gasteiger partial charge in [0, 0.05) is 13.1 Å². The minimum absolute atomic E-state index is 0.00792. The van der Waals surface area contributed by atoms with Crippen molar-refractivity contribution >= 4 is 23.4 Å². The number of likely N-dealkylation sites (tertiary alicyclic amines) is 1. The molecule has 0 aromatic carbocycles. The summed E-state index contributed by atoms with van der Waals surface area (Å²) < 4.78 is 5.22. The van der Waals surface area contributed by atoms with Crippen molar-refractivity contribution in [3.63, 3.8) is 0 Å². The number of ether oxygens (including phenoxy) is 1. The van der Waals surface area contributed by atoms with Crippen LogP contribution in [0.5, 0.6) is 0 Å². The van der Waals surface area contributed by atoms with Crippen molar-refractivity contribution in [2.24, 2.45) is 0 Å². The number of rotatable bonds is 3. The number of carboxylic acids is 1. The molecule has 0 aromatic heterocycles. The number of carboxylic acid groups (broad SMARTS) is 1. The summed E-state index contributed by atoms with van der Waals surface area (Å²) in [6.45, 7) is 2.04. The van der Waals surface area contributed by atoms with E-state index in [1.165, 1.54) is 12.8 Å². The Morgan fingerprint density at radius 3 is 2.40 bits per heavy atom. The predicted molar refractivity (Wildman–Crippen MR) is 60.8 cm³/mol. The van der Waals surface area contributed by atoms with Gasteiger partial charge in [0.15, 0.2) is 0 Å². The zero-order valence-electron chi connectivity index (χ0n) is 8.78. The first-order valence-corrected chi connectivity index (χ1v) is 5.74. The van der Waals surface area contributed by atoms with Gasteiger partial charge in [-0.15, -0.1) is 0 Å². The van der Waals surface area contributed by atoms with E-state index in [4.69, 9.17) is 22.1 Å². The number of hydrogen-bond donors (Lipinski definition) is 1. The molecule has 0 saturated carbocycles. The molecule has 0 amide bonds. The fourth-order valence-electron chi connectivity index (χ4n) is 1.57. The van der Waals surface area contributed by atoms with Crippen LogP contribution in [0.4, 0.5) is 0 Å². The summed E-state index contributed by atoms with van der Waals surface area (Å²) >= 11 is 5.10. The van der Waals surface area contributed by atoms with Crippen LogP contribution >= 0.6 is 12.2 Å². The minimum atomic E-state index is -0.853. The van der Waals surface area contributed by atoms with Crippen LogP contribution in [0.15, 0.2) is 0 Å². The topological polar surface area (TPSA) is 49.8 Å². The molecule has 0 aromatic rings. The van der Waals surface area contributed by atoms with Gasteiger partial charge in [0.05, 0.1) is 6.42 Å². The maximum absolute atomic E-state index is 10.3. The summed E-state index contributed by atoms with van der Waals surface area (Å²) in [5, 5.41) is 8.90. The van der Waals surface area contributed by atoms with E-state index >= 15 is 0 Å². The molecule has 1 N–H and O–H groups in total. The zero-order valence-corrected chi connectivity index (χ0v) is 9.59. The minimum Gasteiger partial charge on any atom is -0.481 e. The molecule has 1 fully saturated rings. The summed E-state index contributed by atoms with van der Waals surface area (Å²) in [4.78, 5) is 12.3. The summed E-state index contributed by atoms with van der Waals surface area (Å²) in [6.07, 6.45) is 4.78. The van der Waals surface area contributed by atoms with Gasteiger partial charge in [0.1, 0.15) is 6.61 Å². The standard InChI is InChI=1S/C10H17NO3S/c12-9(13)5-8-14-10(15)11-6-3-1-2-4-7-11/h1-8H2,(H,12,13). The van der Waals surface area contributed by atoms with Crippen LogP contribution in [0.3, 0.4) is 0 Å². The Hall–Kier alpha value is -0.840. The Morgan fingerprint density at radius 1 is 1.27 bits per heavy atom. The predicted octanol–water partition coefficient (Wildman–Crippen LogP) is 1.64. The van der Waals surface area contributed by atoms with Crippen LogP contribution in [0.2, 0.25) is 0 Å². The van der Waals surface area contributed by atoms with Crippen molar-refractivity contribution in [3.8, 4) is 0 Å². The second-order valence-electron chi connectivity index (χ2n) is 3.66. The van der Waals surface area contributed by atoms with E-state index in [-0.39, 0.29) is 13.0 Å². The first kappa shape index (κ1) is 12.2. The molecule has 5 heteroatoms. The summed E-state index contributed by atoms with van der Waals surface area (Å²) in [7, 11) is 0. The van der Waals surface area contributed by atoms with E-state index in [9.17, 15) is 4.79 Å². The molecule has 0 aliphatic carbocycles. The third-order valence-corrected chi connectivity index (χ3v) is 2.78. The van der Waals surface area contributed by atoms with Gasteiger partial charge in [-0.2, -0.15) is 0 Å². The average molecular weight is 231 g/mol. The smallest absolute Gasteiger partial charge is 0.306 e. The fourth-order valence-corrected chi connectivity index (χ4v) is 1.84. The third-order valence-electron chi connectivity index (χ3n) is 2.41. The highest BCUT2D eigenvalue weighted by atomic mass is 32.1. The molecule has 15 heavy (non-hydrogen) atoms. The SMILES string of the molecule is O=C(O)CCOC(=S)N1CCCCCC1. The van der Waals surface area contributed by atoms with Crippen LogP contribution in [-0.2, 0) is 9.53 Å². The van der Waals surface area contributed by atoms with Crippen molar-refractivity contribution in [3.05, 3.63) is 0 Å². The van der Waals surface area contributed by atoms with E-state index in [1.54, 1.807) is 0 Å². The Bertz CT molecular complexity index is 225. The van der Waals surface area contributed by atoms with Gasteiger partial charge in [-0.05, 0) is 25.1 Å². The molecular formula is C10H17NO3S. The lowest BCUT2D eigenvalue weighted by Crippen LogP contribution is -2.32. The molecule has 4 nitrogen and oxygen atoms in total. The molecule has 1 rings (SSSR count). The van der Waals surface area contributed by atoms with Crippen LogP contribution in [-0.4, -0.2) is 40.8 Å². The van der Waals surface area contributed by atoms with E-state index in [0.717, 1.165) is 25.9 Å². The molecule has 0 atom stereocenters. The van der Waals surface area contributed by atoms with Crippen molar-refractivity contribution in [2.45, 2.75) is 32.1 Å². The number of aliphatic carboxylic acids is 1. The highest BCUT2D eigenvalue weighted by Crippen LogP contribution is 2.10. The molecule has 0 unspecified atom stereocenters. The van der Waals surface area contributed by atoms with Crippen molar-refractivity contribution in [1.29, 1.82) is 0 Å². The van der Waals surface area contributed by atoms with Crippen molar-refractivity contribution in [1.82, 2.24) is 4.90 Å². The quantitative estimate of drug-likeness (QED) is 0.748. The highest BCUT2D eigenvalue weighted by molar-refractivity contribution is 7.80. The van der Waals surface area contributed by atoms with Crippen LogP contribution < -0.4 is 0 Å². The van der Waals surface area contributed by atoms with Crippen molar-refractivity contribution in [2.75, 3.05) is 19.7 Å². The molecule has 1 aliphatic rings. The summed E-state index contributed by atoms with van der Waals surface area (Å²) in [6, 6.07) is 0. The Morgan fingerprint density at radius 2 is 1.87 bits per heavy atom. The molecule has 1 heterocycles. The van der Waals surface area contributed by atoms with Gasteiger partial charge in [0.25, 0.3) is 5.17 Å². The molecule has 1 saturated heterocycles. The third kappa shape index (κ3) is 4.97. The maximum atomic E-state index is 10.3. The average Bonchev–Trinajstić information content (AvgIpc) is 2.44. The first-order valence-electron chi connectivity index (χ1n) is 5.33. The van der Waals surface area contributed by atoms with E-state index in [2.05, 4.69) is 0 Å². The van der Waals surface area contributed by atoms with Gasteiger partial charge in [-0.25, -0.2) is 0 Å². The highest BCUT2D eigenvalue weighted by Gasteiger charge is 2.13. The number of hydrogen-bond acceptors (Lipinski definition) is 3. The number of carbonyl (C=O) groups is 1. The number of nitrogens with zero attached hydrogens (tertiary/aromatic N) is 1. The zero-order chi connectivity index (χ0) is 11.1. The second-order valence-corrected chi connectivity index (χ2v) is 4.01. The van der Waals surface area contributed by atoms with E-state index < -0.39 is 5.97 Å². The lowest BCUT2D eigenvalue weighted by molar-refractivity contribution is -0.137. The largest absolute Gasteiger partial charge is 0.481 e. The van der Waals surface area contributed by atoms with Crippen LogP contribution in [0.25, 0.3) is 0 Å². The van der Waals surface area contributed by atoms with E-state index in [1.807, 2.05) is 4.90 Å². The van der Waals surface area contributed by atoms with Crippen molar-refractivity contribution < 1.29 is 14.6 Å². The van der Waals surface area contributed by atoms with Gasteiger partial charge in [-0.1, -0.05) is 12.8 Å². The van der Waals surface area contributed by atoms with Gasteiger partial charge < -0.3 is 14.7 Å². The summed E-state index contributed by atoms with van der Waals surface area (Å²) in [5.74, 6) is -0.853. The normalized spacial score (nSPS) is 16.9. The number of thiocarbonyl (C=S) groups is 1. The molecule has 0 bridgehead atoms. The molecular weight excluding hydrogens is 214 g/mol. The molecule has 0 spiro atoms. The lowest BCUT2D eigenvalue weighted by atomic mass is 10.2. The first-order chi connectivity index (χ1) is 7.20. The Balaban J connectivity index is 2.22. The monoisotopic (exact) mass is 231 g/mol. The summed E-state index contributed by atoms with van der Waals surface area (Å²) in [5.41, 5.74) is 0. The molecule has 0 radical (unpaired) electrons. The Labute approximate surface area is 95.2 Å². The maximum Gasteiger partial charge on any atom is 0.306 e. The lowest BCUT2D eigenvalue weighted by Gasteiger charge is -2.22. The molecule has 1 aliphatic heterocycles. The van der Waals surface area contributed by atoms with Gasteiger partial charge >= 0.3 is 5.97 Å². The fraction of sp³-hybridized carbons (Fsp3) is 0.800. The Kier molecular flexibility index (Phi) is 5.39. The van der Waals surface area contributed by atoms with E-state index in [0.29, 0.717) is 5.17 Å².